The highest BCUT2D eigenvalue weighted by atomic mass is 16.5. The second-order valence-corrected chi connectivity index (χ2v) is 5.27. The zero-order valence-electron chi connectivity index (χ0n) is 12.5. The largest absolute Gasteiger partial charge is 0.495 e. The van der Waals surface area contributed by atoms with Crippen LogP contribution in [-0.2, 0) is 10.3 Å². The summed E-state index contributed by atoms with van der Waals surface area (Å²) in [5, 5.41) is 13.8. The van der Waals surface area contributed by atoms with Crippen LogP contribution in [0.2, 0.25) is 0 Å². The monoisotopic (exact) mass is 294 g/mol. The van der Waals surface area contributed by atoms with Gasteiger partial charge in [0.05, 0.1) is 25.5 Å². The van der Waals surface area contributed by atoms with Crippen LogP contribution in [-0.4, -0.2) is 35.9 Å². The van der Waals surface area contributed by atoms with Crippen molar-refractivity contribution in [2.24, 2.45) is 0 Å². The third kappa shape index (κ3) is 3.64. The third-order valence-corrected chi connectivity index (χ3v) is 3.83. The van der Waals surface area contributed by atoms with Crippen molar-refractivity contribution >= 4 is 6.09 Å². The Bertz CT molecular complexity index is 494. The maximum absolute atomic E-state index is 11.5. The number of aliphatic hydroxyl groups is 1. The molecule has 0 radical (unpaired) electrons. The van der Waals surface area contributed by atoms with Crippen molar-refractivity contribution in [2.45, 2.75) is 44.2 Å². The predicted molar refractivity (Wildman–Crippen MR) is 77.1 cm³/mol. The van der Waals surface area contributed by atoms with Gasteiger partial charge in [0.15, 0.2) is 0 Å². The zero-order valence-corrected chi connectivity index (χ0v) is 12.5. The van der Waals surface area contributed by atoms with Crippen LogP contribution < -0.4 is 10.1 Å². The van der Waals surface area contributed by atoms with E-state index in [1.165, 1.54) is 0 Å². The van der Waals surface area contributed by atoms with Crippen LogP contribution in [0.1, 0.15) is 38.2 Å². The molecule has 0 bridgehead atoms. The summed E-state index contributed by atoms with van der Waals surface area (Å²) in [6.45, 7) is 2.10. The molecule has 6 nitrogen and oxygen atoms in total. The lowest BCUT2D eigenvalue weighted by Gasteiger charge is -2.37. The van der Waals surface area contributed by atoms with Crippen molar-refractivity contribution in [1.29, 1.82) is 0 Å². The molecule has 1 heterocycles. The lowest BCUT2D eigenvalue weighted by molar-refractivity contribution is -0.0139. The molecule has 1 aliphatic carbocycles. The molecule has 2 atom stereocenters. The number of pyridine rings is 1. The molecule has 2 N–H and O–H groups in total. The molecule has 0 aromatic carbocycles. The van der Waals surface area contributed by atoms with Crippen molar-refractivity contribution in [1.82, 2.24) is 10.3 Å². The van der Waals surface area contributed by atoms with Crippen LogP contribution in [0, 0.1) is 0 Å². The minimum Gasteiger partial charge on any atom is -0.495 e. The summed E-state index contributed by atoms with van der Waals surface area (Å²) >= 11 is 0. The number of amides is 1. The van der Waals surface area contributed by atoms with Gasteiger partial charge >= 0.3 is 6.09 Å². The molecule has 0 aliphatic heterocycles. The highest BCUT2D eigenvalue weighted by Crippen LogP contribution is 2.40. The van der Waals surface area contributed by atoms with Crippen molar-refractivity contribution in [3.05, 3.63) is 24.0 Å². The number of alkyl carbamates (subject to hydrolysis) is 1. The van der Waals surface area contributed by atoms with Crippen LogP contribution in [0.4, 0.5) is 4.79 Å². The van der Waals surface area contributed by atoms with Gasteiger partial charge in [-0.15, -0.1) is 0 Å². The van der Waals surface area contributed by atoms with E-state index in [0.717, 1.165) is 18.4 Å². The first kappa shape index (κ1) is 15.6. The number of aromatic nitrogens is 1. The lowest BCUT2D eigenvalue weighted by atomic mass is 9.77. The molecule has 1 fully saturated rings. The molecule has 21 heavy (non-hydrogen) atoms. The zero-order chi connectivity index (χ0) is 15.3. The SMILES string of the molecule is CCOC(=O)NC1CCCC(O)(c2ccncc2OC)C1. The van der Waals surface area contributed by atoms with E-state index in [1.807, 2.05) is 0 Å². The van der Waals surface area contributed by atoms with E-state index in [-0.39, 0.29) is 6.04 Å². The standard InChI is InChI=1S/C15H22N2O4/c1-3-21-14(18)17-11-5-4-7-15(19,9-11)12-6-8-16-10-13(12)20-2/h6,8,10-11,19H,3-5,7,9H2,1-2H3,(H,17,18). The Morgan fingerprint density at radius 2 is 2.43 bits per heavy atom. The number of rotatable bonds is 4. The Hall–Kier alpha value is -1.82. The summed E-state index contributed by atoms with van der Waals surface area (Å²) in [5.41, 5.74) is -0.299. The molecule has 2 rings (SSSR count). The predicted octanol–water partition coefficient (Wildman–Crippen LogP) is 1.97. The van der Waals surface area contributed by atoms with Crippen molar-refractivity contribution in [3.8, 4) is 5.75 Å². The quantitative estimate of drug-likeness (QED) is 0.887. The molecule has 1 amide bonds. The molecule has 0 spiro atoms. The summed E-state index contributed by atoms with van der Waals surface area (Å²) < 4.78 is 10.2. The van der Waals surface area contributed by atoms with Gasteiger partial charge in [0.2, 0.25) is 0 Å². The van der Waals surface area contributed by atoms with Gasteiger partial charge in [0.25, 0.3) is 0 Å². The number of methoxy groups -OCH3 is 1. The molecule has 1 aromatic rings. The maximum atomic E-state index is 11.5. The van der Waals surface area contributed by atoms with Gasteiger partial charge in [0, 0.05) is 24.2 Å². The molecule has 1 saturated carbocycles. The minimum atomic E-state index is -1.02. The number of nitrogens with one attached hydrogen (secondary N) is 1. The second-order valence-electron chi connectivity index (χ2n) is 5.27. The van der Waals surface area contributed by atoms with E-state index in [4.69, 9.17) is 9.47 Å². The summed E-state index contributed by atoms with van der Waals surface area (Å²) in [5.74, 6) is 0.566. The van der Waals surface area contributed by atoms with Gasteiger partial charge in [-0.05, 0) is 32.3 Å². The lowest BCUT2D eigenvalue weighted by Crippen LogP contribution is -2.44. The van der Waals surface area contributed by atoms with E-state index in [0.29, 0.717) is 25.2 Å². The number of carbonyl (C=O) groups is 1. The Kier molecular flexibility index (Phi) is 5.01. The summed E-state index contributed by atoms with van der Waals surface area (Å²) in [6.07, 6.45) is 5.51. The van der Waals surface area contributed by atoms with Gasteiger partial charge in [0.1, 0.15) is 5.75 Å². The Labute approximate surface area is 124 Å². The average molecular weight is 294 g/mol. The Balaban J connectivity index is 2.13. The second kappa shape index (κ2) is 6.76. The minimum absolute atomic E-state index is 0.110. The normalized spacial score (nSPS) is 25.2. The molecule has 6 heteroatoms. The van der Waals surface area contributed by atoms with Crippen LogP contribution in [0.25, 0.3) is 0 Å². The van der Waals surface area contributed by atoms with Crippen LogP contribution in [0.5, 0.6) is 5.75 Å². The average Bonchev–Trinajstić information content (AvgIpc) is 2.47. The maximum Gasteiger partial charge on any atom is 0.407 e. The third-order valence-electron chi connectivity index (χ3n) is 3.83. The van der Waals surface area contributed by atoms with Gasteiger partial charge in [-0.25, -0.2) is 4.79 Å². The first-order valence-electron chi connectivity index (χ1n) is 7.23. The van der Waals surface area contributed by atoms with Crippen LogP contribution in [0.15, 0.2) is 18.5 Å². The first-order valence-corrected chi connectivity index (χ1v) is 7.23. The molecule has 116 valence electrons. The number of nitrogens with zero attached hydrogens (tertiary/aromatic N) is 1. The van der Waals surface area contributed by atoms with Crippen LogP contribution >= 0.6 is 0 Å². The number of ether oxygens (including phenoxy) is 2. The number of carbonyl (C=O) groups excluding carboxylic acids is 1. The molecule has 2 unspecified atom stereocenters. The van der Waals surface area contributed by atoms with Gasteiger partial charge in [-0.2, -0.15) is 0 Å². The molecular formula is C15H22N2O4. The van der Waals surface area contributed by atoms with Crippen LogP contribution in [0.3, 0.4) is 0 Å². The summed E-state index contributed by atoms with van der Waals surface area (Å²) in [4.78, 5) is 15.5. The Morgan fingerprint density at radius 3 is 3.14 bits per heavy atom. The fraction of sp³-hybridized carbons (Fsp3) is 0.600. The van der Waals surface area contributed by atoms with E-state index in [2.05, 4.69) is 10.3 Å². The Morgan fingerprint density at radius 1 is 1.62 bits per heavy atom. The smallest absolute Gasteiger partial charge is 0.407 e. The van der Waals surface area contributed by atoms with E-state index < -0.39 is 11.7 Å². The van der Waals surface area contributed by atoms with E-state index >= 15 is 0 Å². The molecular weight excluding hydrogens is 272 g/mol. The van der Waals surface area contributed by atoms with Gasteiger partial charge in [-0.1, -0.05) is 0 Å². The van der Waals surface area contributed by atoms with Gasteiger partial charge in [-0.3, -0.25) is 4.98 Å². The number of hydrogen-bond donors (Lipinski definition) is 2. The fourth-order valence-electron chi connectivity index (χ4n) is 2.89. The summed E-state index contributed by atoms with van der Waals surface area (Å²) in [7, 11) is 1.56. The first-order chi connectivity index (χ1) is 10.1. The van der Waals surface area contributed by atoms with E-state index in [1.54, 1.807) is 32.5 Å². The van der Waals surface area contributed by atoms with Gasteiger partial charge < -0.3 is 19.9 Å². The topological polar surface area (TPSA) is 80.7 Å². The molecule has 1 aliphatic rings. The fourth-order valence-corrected chi connectivity index (χ4v) is 2.89. The highest BCUT2D eigenvalue weighted by Gasteiger charge is 2.38. The highest BCUT2D eigenvalue weighted by molar-refractivity contribution is 5.67. The van der Waals surface area contributed by atoms with E-state index in [9.17, 15) is 9.90 Å². The van der Waals surface area contributed by atoms with Crippen molar-refractivity contribution in [3.63, 3.8) is 0 Å². The van der Waals surface area contributed by atoms with Crippen molar-refractivity contribution < 1.29 is 19.4 Å². The molecule has 1 aromatic heterocycles. The van der Waals surface area contributed by atoms with Crippen molar-refractivity contribution in [2.75, 3.05) is 13.7 Å². The number of hydrogen-bond acceptors (Lipinski definition) is 5. The summed E-state index contributed by atoms with van der Waals surface area (Å²) in [6, 6.07) is 1.66. The molecule has 0 saturated heterocycles.